The smallest absolute Gasteiger partial charge is 0.192 e. The molecule has 0 unspecified atom stereocenters. The minimum atomic E-state index is -0.0773. The molecule has 0 radical (unpaired) electrons. The van der Waals surface area contributed by atoms with Gasteiger partial charge in [-0.25, -0.2) is 14.3 Å². The maximum Gasteiger partial charge on any atom is 0.192 e. The molecule has 2 aromatic rings. The Hall–Kier alpha value is -2.09. The lowest BCUT2D eigenvalue weighted by Crippen LogP contribution is -2.43. The zero-order valence-electron chi connectivity index (χ0n) is 12.2. The number of ketones is 1. The lowest BCUT2D eigenvalue weighted by molar-refractivity contribution is 0.0984. The van der Waals surface area contributed by atoms with Gasteiger partial charge in [-0.2, -0.15) is 5.10 Å². The van der Waals surface area contributed by atoms with Crippen LogP contribution in [0.25, 0.3) is 0 Å². The van der Waals surface area contributed by atoms with E-state index in [1.807, 2.05) is 0 Å². The molecule has 0 bridgehead atoms. The van der Waals surface area contributed by atoms with Crippen molar-refractivity contribution in [2.45, 2.75) is 32.9 Å². The summed E-state index contributed by atoms with van der Waals surface area (Å²) in [7, 11) is 0. The van der Waals surface area contributed by atoms with Crippen molar-refractivity contribution in [1.82, 2.24) is 35.1 Å². The third-order valence-corrected chi connectivity index (χ3v) is 3.48. The van der Waals surface area contributed by atoms with Crippen molar-refractivity contribution in [3.63, 3.8) is 0 Å². The van der Waals surface area contributed by atoms with Crippen molar-refractivity contribution in [2.24, 2.45) is 5.92 Å². The van der Waals surface area contributed by atoms with Crippen molar-refractivity contribution in [3.8, 4) is 0 Å². The van der Waals surface area contributed by atoms with E-state index in [1.54, 1.807) is 15.6 Å². The van der Waals surface area contributed by atoms with Gasteiger partial charge in [0, 0.05) is 19.6 Å². The third-order valence-electron chi connectivity index (χ3n) is 3.48. The zero-order valence-corrected chi connectivity index (χ0v) is 12.2. The molecule has 3 rings (SSSR count). The lowest BCUT2D eigenvalue weighted by Gasteiger charge is -2.26. The van der Waals surface area contributed by atoms with Gasteiger partial charge in [0.25, 0.3) is 0 Å². The number of rotatable bonds is 6. The molecule has 1 N–H and O–H groups in total. The summed E-state index contributed by atoms with van der Waals surface area (Å²) in [5.41, 5.74) is 0.390. The number of aromatic nitrogens is 6. The molecule has 112 valence electrons. The molecule has 8 nitrogen and oxygen atoms in total. The second kappa shape index (κ2) is 5.72. The number of hydrogen-bond acceptors (Lipinski definition) is 6. The predicted octanol–water partition coefficient (Wildman–Crippen LogP) is 0.0953. The average Bonchev–Trinajstić information content (AvgIpc) is 2.97. The molecule has 1 fully saturated rings. The van der Waals surface area contributed by atoms with Gasteiger partial charge in [-0.15, -0.1) is 5.10 Å². The average molecular weight is 289 g/mol. The molecule has 1 saturated heterocycles. The van der Waals surface area contributed by atoms with Gasteiger partial charge in [0.1, 0.15) is 17.8 Å². The molecule has 1 aliphatic rings. The highest BCUT2D eigenvalue weighted by atomic mass is 16.1. The van der Waals surface area contributed by atoms with Crippen LogP contribution in [-0.4, -0.2) is 48.6 Å². The van der Waals surface area contributed by atoms with Crippen LogP contribution >= 0.6 is 0 Å². The predicted molar refractivity (Wildman–Crippen MR) is 74.8 cm³/mol. The first kappa shape index (κ1) is 13.9. The first-order valence-electron chi connectivity index (χ1n) is 7.16. The zero-order chi connectivity index (χ0) is 14.8. The van der Waals surface area contributed by atoms with E-state index in [2.05, 4.69) is 39.6 Å². The Bertz CT molecular complexity index is 626. The largest absolute Gasteiger partial charge is 0.312 e. The minimum absolute atomic E-state index is 0.0773. The molecule has 21 heavy (non-hydrogen) atoms. The lowest BCUT2D eigenvalue weighted by atomic mass is 10.2. The van der Waals surface area contributed by atoms with Crippen molar-refractivity contribution >= 4 is 5.78 Å². The molecular weight excluding hydrogens is 270 g/mol. The van der Waals surface area contributed by atoms with Crippen molar-refractivity contribution in [3.05, 3.63) is 24.0 Å². The Kier molecular flexibility index (Phi) is 3.78. The fourth-order valence-electron chi connectivity index (χ4n) is 2.20. The van der Waals surface area contributed by atoms with Gasteiger partial charge in [-0.05, 0) is 5.92 Å². The summed E-state index contributed by atoms with van der Waals surface area (Å²) in [6.45, 7) is 6.71. The number of nitrogens with zero attached hydrogens (tertiary/aromatic N) is 6. The van der Waals surface area contributed by atoms with E-state index in [4.69, 9.17) is 0 Å². The van der Waals surface area contributed by atoms with Crippen LogP contribution in [0.2, 0.25) is 0 Å². The topological polar surface area (TPSA) is 90.5 Å². The van der Waals surface area contributed by atoms with E-state index in [9.17, 15) is 4.79 Å². The fraction of sp³-hybridized carbons (Fsp3) is 0.615. The molecule has 0 spiro atoms. The molecule has 1 aliphatic heterocycles. The van der Waals surface area contributed by atoms with Crippen LogP contribution in [0.3, 0.4) is 0 Å². The Morgan fingerprint density at radius 1 is 1.48 bits per heavy atom. The molecule has 0 aromatic carbocycles. The van der Waals surface area contributed by atoms with E-state index in [-0.39, 0.29) is 12.2 Å². The van der Waals surface area contributed by atoms with Crippen molar-refractivity contribution in [1.29, 1.82) is 0 Å². The van der Waals surface area contributed by atoms with Crippen LogP contribution in [0.4, 0.5) is 0 Å². The maximum absolute atomic E-state index is 12.3. The van der Waals surface area contributed by atoms with Crippen LogP contribution in [0.1, 0.15) is 36.2 Å². The van der Waals surface area contributed by atoms with Crippen LogP contribution in [0.15, 0.2) is 12.5 Å². The summed E-state index contributed by atoms with van der Waals surface area (Å²) in [5, 5.41) is 15.3. The monoisotopic (exact) mass is 289 g/mol. The van der Waals surface area contributed by atoms with Crippen LogP contribution in [-0.2, 0) is 13.0 Å². The van der Waals surface area contributed by atoms with Crippen molar-refractivity contribution in [2.75, 3.05) is 13.1 Å². The molecule has 2 aromatic heterocycles. The standard InChI is InChI=1S/C13H19N7O/c1-9(2)6-20-13(15-8-16-20)3-12(21)11-7-19(18-17-11)10-4-14-5-10/h7-10,14H,3-6H2,1-2H3. The van der Waals surface area contributed by atoms with Gasteiger partial charge < -0.3 is 5.32 Å². The Balaban J connectivity index is 1.68. The third kappa shape index (κ3) is 2.99. The number of Topliss-reactive ketones (excluding diaryl/α,β-unsaturated/α-hetero) is 1. The van der Waals surface area contributed by atoms with E-state index >= 15 is 0 Å². The molecule has 0 saturated carbocycles. The molecular formula is C13H19N7O. The minimum Gasteiger partial charge on any atom is -0.312 e. The molecule has 3 heterocycles. The number of nitrogens with one attached hydrogen (secondary N) is 1. The second-order valence-corrected chi connectivity index (χ2v) is 5.75. The van der Waals surface area contributed by atoms with Gasteiger partial charge >= 0.3 is 0 Å². The van der Waals surface area contributed by atoms with Gasteiger partial charge in [0.2, 0.25) is 0 Å². The van der Waals surface area contributed by atoms with Gasteiger partial charge in [0.15, 0.2) is 5.78 Å². The summed E-state index contributed by atoms with van der Waals surface area (Å²) in [4.78, 5) is 16.4. The number of hydrogen-bond donors (Lipinski definition) is 1. The first-order chi connectivity index (χ1) is 10.1. The van der Waals surface area contributed by atoms with E-state index in [1.165, 1.54) is 6.33 Å². The SMILES string of the molecule is CC(C)Cn1ncnc1CC(=O)c1cn(C2CNC2)nn1. The van der Waals surface area contributed by atoms with Gasteiger partial charge in [0.05, 0.1) is 18.7 Å². The number of carbonyl (C=O) groups is 1. The maximum atomic E-state index is 12.3. The summed E-state index contributed by atoms with van der Waals surface area (Å²) >= 11 is 0. The van der Waals surface area contributed by atoms with Crippen LogP contribution in [0.5, 0.6) is 0 Å². The van der Waals surface area contributed by atoms with Crippen LogP contribution in [0, 0.1) is 5.92 Å². The van der Waals surface area contributed by atoms with Crippen molar-refractivity contribution < 1.29 is 4.79 Å². The van der Waals surface area contributed by atoms with Gasteiger partial charge in [-0.3, -0.25) is 4.79 Å². The highest BCUT2D eigenvalue weighted by Crippen LogP contribution is 2.11. The van der Waals surface area contributed by atoms with Crippen LogP contribution < -0.4 is 5.32 Å². The fourth-order valence-corrected chi connectivity index (χ4v) is 2.20. The first-order valence-corrected chi connectivity index (χ1v) is 7.16. The number of carbonyl (C=O) groups excluding carboxylic acids is 1. The molecule has 0 amide bonds. The Morgan fingerprint density at radius 2 is 2.29 bits per heavy atom. The Labute approximate surface area is 122 Å². The van der Waals surface area contributed by atoms with E-state index in [0.29, 0.717) is 23.5 Å². The second-order valence-electron chi connectivity index (χ2n) is 5.75. The summed E-state index contributed by atoms with van der Waals surface area (Å²) in [6, 6.07) is 0.309. The summed E-state index contributed by atoms with van der Waals surface area (Å²) in [6.07, 6.45) is 3.41. The van der Waals surface area contributed by atoms with E-state index in [0.717, 1.165) is 19.6 Å². The summed E-state index contributed by atoms with van der Waals surface area (Å²) in [5.74, 6) is 1.05. The molecule has 8 heteroatoms. The van der Waals surface area contributed by atoms with Gasteiger partial charge in [-0.1, -0.05) is 19.1 Å². The van der Waals surface area contributed by atoms with E-state index < -0.39 is 0 Å². The molecule has 0 aliphatic carbocycles. The quantitative estimate of drug-likeness (QED) is 0.758. The summed E-state index contributed by atoms with van der Waals surface area (Å²) < 4.78 is 3.53. The normalized spacial score (nSPS) is 15.4. The Morgan fingerprint density at radius 3 is 2.95 bits per heavy atom. The highest BCUT2D eigenvalue weighted by Gasteiger charge is 2.22. The molecule has 0 atom stereocenters. The highest BCUT2D eigenvalue weighted by molar-refractivity contribution is 5.94.